The fraction of sp³-hybridized carbons (Fsp3) is 0.0625. The Morgan fingerprint density at radius 2 is 1.95 bits per heavy atom. The molecule has 0 saturated carbocycles. The predicted octanol–water partition coefficient (Wildman–Crippen LogP) is 4.17. The van der Waals surface area contributed by atoms with E-state index < -0.39 is 0 Å². The molecule has 0 saturated heterocycles. The van der Waals surface area contributed by atoms with Gasteiger partial charge in [-0.2, -0.15) is 0 Å². The van der Waals surface area contributed by atoms with Crippen molar-refractivity contribution in [3.05, 3.63) is 60.8 Å². The summed E-state index contributed by atoms with van der Waals surface area (Å²) in [5, 5.41) is 9.16. The van der Waals surface area contributed by atoms with E-state index in [1.54, 1.807) is 36.4 Å². The second-order valence-corrected chi connectivity index (χ2v) is 5.62. The third kappa shape index (κ3) is 2.48. The lowest BCUT2D eigenvalue weighted by Crippen LogP contribution is -1.84. The third-order valence-electron chi connectivity index (χ3n) is 3.15. The van der Waals surface area contributed by atoms with Crippen LogP contribution in [0.15, 0.2) is 68.7 Å². The molecule has 0 radical (unpaired) electrons. The maximum Gasteiger partial charge on any atom is 0.283 e. The Labute approximate surface area is 130 Å². The summed E-state index contributed by atoms with van der Waals surface area (Å²) in [7, 11) is 0. The number of aromatic nitrogens is 3. The standard InChI is InChI=1S/C16H11N3O2S/c1-4-11-5-2-8-17-15(11)13(7-1)22-10-14-18-19-16(21-14)12-6-3-9-20-12/h1-9H,10H2. The van der Waals surface area contributed by atoms with Crippen LogP contribution in [0.25, 0.3) is 22.6 Å². The van der Waals surface area contributed by atoms with Gasteiger partial charge >= 0.3 is 0 Å². The Balaban J connectivity index is 1.55. The van der Waals surface area contributed by atoms with Crippen molar-refractivity contribution in [2.24, 2.45) is 0 Å². The number of furan rings is 1. The smallest absolute Gasteiger partial charge is 0.283 e. The first-order valence-electron chi connectivity index (χ1n) is 6.73. The lowest BCUT2D eigenvalue weighted by Gasteiger charge is -2.03. The second kappa shape index (κ2) is 5.65. The monoisotopic (exact) mass is 309 g/mol. The number of rotatable bonds is 4. The maximum atomic E-state index is 5.60. The number of para-hydroxylation sites is 1. The number of fused-ring (bicyclic) bond motifs is 1. The van der Waals surface area contributed by atoms with Gasteiger partial charge in [0, 0.05) is 16.5 Å². The summed E-state index contributed by atoms with van der Waals surface area (Å²) >= 11 is 1.62. The Morgan fingerprint density at radius 3 is 2.86 bits per heavy atom. The molecule has 0 unspecified atom stereocenters. The Kier molecular flexibility index (Phi) is 3.36. The highest BCUT2D eigenvalue weighted by molar-refractivity contribution is 7.98. The van der Waals surface area contributed by atoms with E-state index in [-0.39, 0.29) is 0 Å². The molecule has 0 spiro atoms. The average molecular weight is 309 g/mol. The lowest BCUT2D eigenvalue weighted by molar-refractivity contribution is 0.494. The normalized spacial score (nSPS) is 11.1. The van der Waals surface area contributed by atoms with Gasteiger partial charge in [-0.1, -0.05) is 18.2 Å². The van der Waals surface area contributed by atoms with Crippen LogP contribution in [-0.2, 0) is 5.75 Å². The predicted molar refractivity (Wildman–Crippen MR) is 83.3 cm³/mol. The average Bonchev–Trinajstić information content (AvgIpc) is 3.24. The van der Waals surface area contributed by atoms with Gasteiger partial charge in [0.2, 0.25) is 5.89 Å². The van der Waals surface area contributed by atoms with Gasteiger partial charge in [0.25, 0.3) is 5.89 Å². The zero-order valence-corrected chi connectivity index (χ0v) is 12.3. The molecular formula is C16H11N3O2S. The van der Waals surface area contributed by atoms with Crippen LogP contribution < -0.4 is 0 Å². The SMILES string of the molecule is c1coc(-c2nnc(CSc3cccc4cccnc34)o2)c1. The molecule has 0 aliphatic carbocycles. The van der Waals surface area contributed by atoms with Crippen molar-refractivity contribution in [2.75, 3.05) is 0 Å². The minimum atomic E-state index is 0.400. The number of pyridine rings is 1. The Bertz CT molecular complexity index is 897. The molecule has 4 rings (SSSR count). The molecule has 0 fully saturated rings. The van der Waals surface area contributed by atoms with E-state index in [2.05, 4.69) is 15.2 Å². The molecule has 3 heterocycles. The van der Waals surface area contributed by atoms with Gasteiger partial charge in [-0.25, -0.2) is 0 Å². The molecule has 22 heavy (non-hydrogen) atoms. The van der Waals surface area contributed by atoms with Gasteiger partial charge in [0.1, 0.15) is 0 Å². The fourth-order valence-corrected chi connectivity index (χ4v) is 3.02. The molecule has 0 aliphatic heterocycles. The van der Waals surface area contributed by atoms with Gasteiger partial charge in [-0.05, 0) is 24.3 Å². The summed E-state index contributed by atoms with van der Waals surface area (Å²) in [6.45, 7) is 0. The minimum absolute atomic E-state index is 0.400. The maximum absolute atomic E-state index is 5.60. The summed E-state index contributed by atoms with van der Waals surface area (Å²) in [5.41, 5.74) is 0.987. The van der Waals surface area contributed by atoms with Crippen molar-refractivity contribution in [2.45, 2.75) is 10.6 Å². The van der Waals surface area contributed by atoms with Crippen LogP contribution in [0.1, 0.15) is 5.89 Å². The number of thioether (sulfide) groups is 1. The van der Waals surface area contributed by atoms with E-state index in [0.717, 1.165) is 15.8 Å². The zero-order chi connectivity index (χ0) is 14.8. The first-order valence-corrected chi connectivity index (χ1v) is 7.71. The second-order valence-electron chi connectivity index (χ2n) is 4.60. The minimum Gasteiger partial charge on any atom is -0.459 e. The molecule has 1 aromatic carbocycles. The lowest BCUT2D eigenvalue weighted by atomic mass is 10.2. The molecule has 0 atom stereocenters. The molecule has 0 aliphatic rings. The molecule has 4 aromatic rings. The molecule has 3 aromatic heterocycles. The first-order chi connectivity index (χ1) is 10.9. The summed E-state index contributed by atoms with van der Waals surface area (Å²) in [6, 6.07) is 13.7. The van der Waals surface area contributed by atoms with Crippen LogP contribution in [0.5, 0.6) is 0 Å². The number of benzene rings is 1. The molecule has 0 amide bonds. The van der Waals surface area contributed by atoms with Gasteiger partial charge in [0.15, 0.2) is 5.76 Å². The van der Waals surface area contributed by atoms with Crippen LogP contribution in [0.2, 0.25) is 0 Å². The van der Waals surface area contributed by atoms with Gasteiger partial charge < -0.3 is 8.83 Å². The van der Waals surface area contributed by atoms with Crippen molar-refractivity contribution < 1.29 is 8.83 Å². The number of hydrogen-bond donors (Lipinski definition) is 0. The summed E-state index contributed by atoms with van der Waals surface area (Å²) in [4.78, 5) is 5.53. The molecule has 5 nitrogen and oxygen atoms in total. The largest absolute Gasteiger partial charge is 0.459 e. The molecule has 6 heteroatoms. The fourth-order valence-electron chi connectivity index (χ4n) is 2.14. The van der Waals surface area contributed by atoms with Crippen molar-refractivity contribution in [3.63, 3.8) is 0 Å². The van der Waals surface area contributed by atoms with Crippen LogP contribution in [0.4, 0.5) is 0 Å². The Hall–Kier alpha value is -2.60. The van der Waals surface area contributed by atoms with E-state index >= 15 is 0 Å². The third-order valence-corrected chi connectivity index (χ3v) is 4.18. The van der Waals surface area contributed by atoms with E-state index in [1.807, 2.05) is 30.3 Å². The van der Waals surface area contributed by atoms with E-state index in [4.69, 9.17) is 8.83 Å². The van der Waals surface area contributed by atoms with E-state index in [9.17, 15) is 0 Å². The number of hydrogen-bond acceptors (Lipinski definition) is 6. The summed E-state index contributed by atoms with van der Waals surface area (Å²) < 4.78 is 10.8. The van der Waals surface area contributed by atoms with E-state index in [0.29, 0.717) is 23.3 Å². The van der Waals surface area contributed by atoms with Crippen LogP contribution in [0, 0.1) is 0 Å². The topological polar surface area (TPSA) is 65.0 Å². The van der Waals surface area contributed by atoms with Crippen molar-refractivity contribution in [1.82, 2.24) is 15.2 Å². The number of nitrogens with zero attached hydrogens (tertiary/aromatic N) is 3. The quantitative estimate of drug-likeness (QED) is 0.527. The first kappa shape index (κ1) is 13.1. The van der Waals surface area contributed by atoms with Crippen molar-refractivity contribution >= 4 is 22.7 Å². The Morgan fingerprint density at radius 1 is 1.00 bits per heavy atom. The van der Waals surface area contributed by atoms with Crippen LogP contribution >= 0.6 is 11.8 Å². The zero-order valence-electron chi connectivity index (χ0n) is 11.5. The molecule has 0 N–H and O–H groups in total. The van der Waals surface area contributed by atoms with Crippen molar-refractivity contribution in [3.8, 4) is 11.7 Å². The van der Waals surface area contributed by atoms with Crippen LogP contribution in [0.3, 0.4) is 0 Å². The summed E-state index contributed by atoms with van der Waals surface area (Å²) in [5.74, 6) is 2.13. The van der Waals surface area contributed by atoms with E-state index in [1.165, 1.54) is 0 Å². The molecule has 0 bridgehead atoms. The highest BCUT2D eigenvalue weighted by atomic mass is 32.2. The van der Waals surface area contributed by atoms with Gasteiger partial charge in [-0.3, -0.25) is 4.98 Å². The van der Waals surface area contributed by atoms with Gasteiger partial charge in [0.05, 0.1) is 17.5 Å². The molecule has 108 valence electrons. The van der Waals surface area contributed by atoms with Crippen molar-refractivity contribution in [1.29, 1.82) is 0 Å². The molecular weight excluding hydrogens is 298 g/mol. The highest BCUT2D eigenvalue weighted by Gasteiger charge is 2.11. The summed E-state index contributed by atoms with van der Waals surface area (Å²) in [6.07, 6.45) is 3.38. The highest BCUT2D eigenvalue weighted by Crippen LogP contribution is 2.29. The van der Waals surface area contributed by atoms with Gasteiger partial charge in [-0.15, -0.1) is 22.0 Å². The van der Waals surface area contributed by atoms with Crippen LogP contribution in [-0.4, -0.2) is 15.2 Å².